The summed E-state index contributed by atoms with van der Waals surface area (Å²) in [5, 5.41) is 15.3. The lowest BCUT2D eigenvalue weighted by Gasteiger charge is -2.17. The van der Waals surface area contributed by atoms with Crippen molar-refractivity contribution in [3.05, 3.63) is 135 Å². The number of fused-ring (bicyclic) bond motifs is 2. The number of aromatic hydroxyl groups is 1. The van der Waals surface area contributed by atoms with E-state index in [0.29, 0.717) is 33.6 Å². The van der Waals surface area contributed by atoms with E-state index in [1.165, 1.54) is 24.3 Å². The van der Waals surface area contributed by atoms with Gasteiger partial charge in [-0.25, -0.2) is 4.79 Å². The molecule has 1 aliphatic rings. The Morgan fingerprint density at radius 2 is 1.32 bits per heavy atom. The van der Waals surface area contributed by atoms with Crippen molar-refractivity contribution < 1.29 is 19.5 Å². The number of benzene rings is 4. The van der Waals surface area contributed by atoms with Gasteiger partial charge in [0, 0.05) is 45.6 Å². The van der Waals surface area contributed by atoms with E-state index >= 15 is 0 Å². The first-order valence-corrected chi connectivity index (χ1v) is 12.6. The van der Waals surface area contributed by atoms with Gasteiger partial charge in [0.25, 0.3) is 0 Å². The molecule has 4 N–H and O–H groups in total. The Hall–Kier alpha value is -5.90. The number of hydrogen-bond donors (Lipinski definition) is 4. The molecule has 200 valence electrons. The average molecular weight is 544 g/mol. The zero-order valence-corrected chi connectivity index (χ0v) is 21.3. The third kappa shape index (κ3) is 5.21. The Morgan fingerprint density at radius 3 is 2.02 bits per heavy atom. The zero-order chi connectivity index (χ0) is 28.5. The second-order valence-corrected chi connectivity index (χ2v) is 9.38. The van der Waals surface area contributed by atoms with Crippen molar-refractivity contribution in [2.45, 2.75) is 6.42 Å². The summed E-state index contributed by atoms with van der Waals surface area (Å²) in [7, 11) is 0. The minimum absolute atomic E-state index is 0.0636. The standard InChI is InChI=1S/C31H21N5O5/c37-21-12-10-20(11-13-21)33-30-34-29(35-31(41)36-30)32-19-8-5-17(6-9-19)15-26(38)18-7-14-24-25(16-18)28(40)23-4-2-1-3-22(23)27(24)39/h1-14,16,37H,15H2,(H3,32,33,34,35,36,41). The molecule has 6 rings (SSSR count). The number of aromatic amines is 1. The molecule has 5 aromatic rings. The summed E-state index contributed by atoms with van der Waals surface area (Å²) >= 11 is 0. The van der Waals surface area contributed by atoms with Crippen LogP contribution in [0.3, 0.4) is 0 Å². The van der Waals surface area contributed by atoms with Gasteiger partial charge in [-0.05, 0) is 54.1 Å². The van der Waals surface area contributed by atoms with Crippen LogP contribution in [0.2, 0.25) is 0 Å². The topological polar surface area (TPSA) is 154 Å². The zero-order valence-electron chi connectivity index (χ0n) is 21.3. The number of ketones is 3. The molecule has 1 aromatic heterocycles. The summed E-state index contributed by atoms with van der Waals surface area (Å²) in [5.41, 5.74) is 2.90. The predicted molar refractivity (Wildman–Crippen MR) is 152 cm³/mol. The number of hydrogen-bond acceptors (Lipinski definition) is 9. The number of Topliss-reactive ketones (excluding diaryl/α,β-unsaturated/α-hetero) is 1. The van der Waals surface area contributed by atoms with Crippen LogP contribution in [-0.2, 0) is 6.42 Å². The van der Waals surface area contributed by atoms with E-state index in [1.54, 1.807) is 66.7 Å². The molecule has 0 aliphatic heterocycles. The smallest absolute Gasteiger partial charge is 0.351 e. The van der Waals surface area contributed by atoms with Crippen LogP contribution in [0.1, 0.15) is 47.8 Å². The van der Waals surface area contributed by atoms with Crippen LogP contribution in [0.25, 0.3) is 0 Å². The fourth-order valence-electron chi connectivity index (χ4n) is 4.58. The number of phenolic OH excluding ortho intramolecular Hbond substituents is 1. The molecule has 0 radical (unpaired) electrons. The van der Waals surface area contributed by atoms with Crippen molar-refractivity contribution in [2.75, 3.05) is 10.6 Å². The minimum atomic E-state index is -0.611. The van der Waals surface area contributed by atoms with Gasteiger partial charge in [-0.3, -0.25) is 19.4 Å². The molecular weight excluding hydrogens is 522 g/mol. The Morgan fingerprint density at radius 1 is 0.707 bits per heavy atom. The normalized spacial score (nSPS) is 11.9. The molecule has 1 aliphatic carbocycles. The summed E-state index contributed by atoms with van der Waals surface area (Å²) < 4.78 is 0. The van der Waals surface area contributed by atoms with E-state index < -0.39 is 5.69 Å². The Labute approximate surface area is 232 Å². The van der Waals surface area contributed by atoms with Crippen LogP contribution in [0, 0.1) is 0 Å². The largest absolute Gasteiger partial charge is 0.508 e. The molecule has 0 bridgehead atoms. The third-order valence-electron chi connectivity index (χ3n) is 6.60. The number of nitrogens with zero attached hydrogens (tertiary/aromatic N) is 2. The number of H-pyrrole nitrogens is 1. The molecule has 0 atom stereocenters. The molecule has 0 saturated carbocycles. The van der Waals surface area contributed by atoms with Gasteiger partial charge < -0.3 is 15.7 Å². The quantitative estimate of drug-likeness (QED) is 0.168. The van der Waals surface area contributed by atoms with E-state index in [2.05, 4.69) is 25.6 Å². The van der Waals surface area contributed by atoms with E-state index in [0.717, 1.165) is 5.56 Å². The second kappa shape index (κ2) is 10.3. The monoisotopic (exact) mass is 543 g/mol. The van der Waals surface area contributed by atoms with E-state index in [4.69, 9.17) is 0 Å². The first-order chi connectivity index (χ1) is 19.8. The molecule has 0 saturated heterocycles. The van der Waals surface area contributed by atoms with Gasteiger partial charge in [-0.15, -0.1) is 0 Å². The lowest BCUT2D eigenvalue weighted by molar-refractivity contribution is 0.0976. The highest BCUT2D eigenvalue weighted by Gasteiger charge is 2.29. The van der Waals surface area contributed by atoms with Crippen molar-refractivity contribution >= 4 is 40.6 Å². The third-order valence-corrected chi connectivity index (χ3v) is 6.60. The lowest BCUT2D eigenvalue weighted by atomic mass is 9.83. The van der Waals surface area contributed by atoms with Crippen molar-refractivity contribution in [2.24, 2.45) is 0 Å². The molecular formula is C31H21N5O5. The van der Waals surface area contributed by atoms with E-state index in [1.807, 2.05) is 0 Å². The van der Waals surface area contributed by atoms with Gasteiger partial charge in [0.1, 0.15) is 5.75 Å². The molecule has 0 amide bonds. The summed E-state index contributed by atoms with van der Waals surface area (Å²) in [4.78, 5) is 61.5. The number of rotatable bonds is 7. The maximum Gasteiger partial charge on any atom is 0.351 e. The summed E-state index contributed by atoms with van der Waals surface area (Å²) in [6.07, 6.45) is 0.0833. The average Bonchev–Trinajstić information content (AvgIpc) is 2.97. The number of carbonyl (C=O) groups excluding carboxylic acids is 3. The number of anilines is 4. The van der Waals surface area contributed by atoms with Crippen LogP contribution in [0.15, 0.2) is 95.8 Å². The van der Waals surface area contributed by atoms with Crippen LogP contribution in [0.5, 0.6) is 5.75 Å². The van der Waals surface area contributed by atoms with Gasteiger partial charge >= 0.3 is 5.69 Å². The number of nitrogens with one attached hydrogen (secondary N) is 3. The molecule has 4 aromatic carbocycles. The Bertz CT molecular complexity index is 1900. The first kappa shape index (κ1) is 25.4. The molecule has 1 heterocycles. The maximum atomic E-state index is 13.1. The first-order valence-electron chi connectivity index (χ1n) is 12.6. The highest BCUT2D eigenvalue weighted by Crippen LogP contribution is 2.28. The maximum absolute atomic E-state index is 13.1. The van der Waals surface area contributed by atoms with E-state index in [-0.39, 0.29) is 47.0 Å². The second-order valence-electron chi connectivity index (χ2n) is 9.38. The van der Waals surface area contributed by atoms with Crippen LogP contribution >= 0.6 is 0 Å². The molecule has 41 heavy (non-hydrogen) atoms. The van der Waals surface area contributed by atoms with Gasteiger partial charge in [-0.2, -0.15) is 9.97 Å². The van der Waals surface area contributed by atoms with Gasteiger partial charge in [0.15, 0.2) is 17.3 Å². The van der Waals surface area contributed by atoms with Crippen molar-refractivity contribution in [3.63, 3.8) is 0 Å². The fourth-order valence-corrected chi connectivity index (χ4v) is 4.58. The number of phenols is 1. The molecule has 0 unspecified atom stereocenters. The summed E-state index contributed by atoms with van der Waals surface area (Å²) in [6.45, 7) is 0. The van der Waals surface area contributed by atoms with Crippen LogP contribution in [0.4, 0.5) is 23.3 Å². The highest BCUT2D eigenvalue weighted by atomic mass is 16.3. The molecule has 0 fully saturated rings. The van der Waals surface area contributed by atoms with Gasteiger partial charge in [-0.1, -0.05) is 42.5 Å². The van der Waals surface area contributed by atoms with Gasteiger partial charge in [0.05, 0.1) is 0 Å². The number of aromatic nitrogens is 3. The molecule has 10 heteroatoms. The summed E-state index contributed by atoms with van der Waals surface area (Å²) in [5.74, 6) is -0.369. The van der Waals surface area contributed by atoms with Crippen molar-refractivity contribution in [3.8, 4) is 5.75 Å². The van der Waals surface area contributed by atoms with Crippen LogP contribution < -0.4 is 16.3 Å². The predicted octanol–water partition coefficient (Wildman–Crippen LogP) is 4.56. The van der Waals surface area contributed by atoms with Gasteiger partial charge in [0.2, 0.25) is 11.9 Å². The fraction of sp³-hybridized carbons (Fsp3) is 0.0323. The van der Waals surface area contributed by atoms with E-state index in [9.17, 15) is 24.3 Å². The molecule has 10 nitrogen and oxygen atoms in total. The SMILES string of the molecule is O=C(Cc1ccc(Nc2nc(Nc3ccc(O)cc3)[nH]c(=O)n2)cc1)c1ccc2c(c1)C(=O)c1ccccc1C2=O. The minimum Gasteiger partial charge on any atom is -0.508 e. The van der Waals surface area contributed by atoms with Crippen molar-refractivity contribution in [1.29, 1.82) is 0 Å². The molecule has 0 spiro atoms. The summed E-state index contributed by atoms with van der Waals surface area (Å²) in [6, 6.07) is 24.5. The Balaban J connectivity index is 1.14. The highest BCUT2D eigenvalue weighted by molar-refractivity contribution is 6.28. The number of carbonyl (C=O) groups is 3. The van der Waals surface area contributed by atoms with Crippen LogP contribution in [-0.4, -0.2) is 37.4 Å². The lowest BCUT2D eigenvalue weighted by Crippen LogP contribution is -2.21. The Kier molecular flexibility index (Phi) is 6.40. The van der Waals surface area contributed by atoms with Crippen molar-refractivity contribution in [1.82, 2.24) is 15.0 Å².